The molecule has 0 amide bonds. The second-order valence-electron chi connectivity index (χ2n) is 3.43. The Morgan fingerprint density at radius 2 is 2.06 bits per heavy atom. The summed E-state index contributed by atoms with van der Waals surface area (Å²) in [5.41, 5.74) is 2.14. The van der Waals surface area contributed by atoms with Crippen molar-refractivity contribution in [2.75, 3.05) is 0 Å². The SMILES string of the molecule is CCc1c[nH]c(=O)n1-c1ccc(C#N)cc1. The summed E-state index contributed by atoms with van der Waals surface area (Å²) in [6.07, 6.45) is 2.49. The molecular formula is C12H11N3O. The van der Waals surface area contributed by atoms with Crippen LogP contribution in [0.1, 0.15) is 18.2 Å². The van der Waals surface area contributed by atoms with Crippen molar-refractivity contribution in [3.05, 3.63) is 52.2 Å². The Balaban J connectivity index is 2.54. The van der Waals surface area contributed by atoms with E-state index in [9.17, 15) is 4.79 Å². The predicted octanol–water partition coefficient (Wildman–Crippen LogP) is 1.60. The number of imidazole rings is 1. The third-order valence-corrected chi connectivity index (χ3v) is 2.47. The maximum absolute atomic E-state index is 11.6. The molecule has 1 N–H and O–H groups in total. The average molecular weight is 213 g/mol. The second kappa shape index (κ2) is 4.07. The van der Waals surface area contributed by atoms with Gasteiger partial charge in [-0.05, 0) is 30.7 Å². The molecule has 0 spiro atoms. The molecule has 0 fully saturated rings. The summed E-state index contributed by atoms with van der Waals surface area (Å²) in [6, 6.07) is 8.99. The van der Waals surface area contributed by atoms with E-state index in [1.807, 2.05) is 13.0 Å². The number of hydrogen-bond donors (Lipinski definition) is 1. The fourth-order valence-corrected chi connectivity index (χ4v) is 1.63. The molecule has 1 heterocycles. The maximum atomic E-state index is 11.6. The second-order valence-corrected chi connectivity index (χ2v) is 3.43. The molecule has 0 aliphatic carbocycles. The molecule has 80 valence electrons. The third kappa shape index (κ3) is 1.63. The maximum Gasteiger partial charge on any atom is 0.330 e. The molecule has 0 saturated heterocycles. The summed E-state index contributed by atoms with van der Waals surface area (Å²) in [5.74, 6) is 0. The van der Waals surface area contributed by atoms with Crippen LogP contribution in [0.25, 0.3) is 5.69 Å². The number of nitrogens with one attached hydrogen (secondary N) is 1. The number of aryl methyl sites for hydroxylation is 1. The van der Waals surface area contributed by atoms with E-state index in [0.29, 0.717) is 5.56 Å². The minimum absolute atomic E-state index is 0.151. The van der Waals surface area contributed by atoms with Crippen LogP contribution in [0, 0.1) is 11.3 Å². The first-order valence-electron chi connectivity index (χ1n) is 5.06. The lowest BCUT2D eigenvalue weighted by molar-refractivity contribution is 0.899. The van der Waals surface area contributed by atoms with Crippen LogP contribution in [-0.4, -0.2) is 9.55 Å². The van der Waals surface area contributed by atoms with Gasteiger partial charge < -0.3 is 4.98 Å². The van der Waals surface area contributed by atoms with Crippen LogP contribution in [0.15, 0.2) is 35.3 Å². The lowest BCUT2D eigenvalue weighted by Gasteiger charge is -2.04. The van der Waals surface area contributed by atoms with E-state index in [2.05, 4.69) is 4.98 Å². The highest BCUT2D eigenvalue weighted by atomic mass is 16.1. The molecule has 4 heteroatoms. The van der Waals surface area contributed by atoms with Gasteiger partial charge in [-0.25, -0.2) is 4.79 Å². The summed E-state index contributed by atoms with van der Waals surface area (Å²) >= 11 is 0. The lowest BCUT2D eigenvalue weighted by Crippen LogP contribution is -2.16. The first kappa shape index (κ1) is 10.2. The van der Waals surface area contributed by atoms with Crippen molar-refractivity contribution in [3.63, 3.8) is 0 Å². The first-order chi connectivity index (χ1) is 7.76. The van der Waals surface area contributed by atoms with Gasteiger partial charge in [0.15, 0.2) is 0 Å². The van der Waals surface area contributed by atoms with Gasteiger partial charge in [0, 0.05) is 11.9 Å². The van der Waals surface area contributed by atoms with Crippen molar-refractivity contribution >= 4 is 0 Å². The van der Waals surface area contributed by atoms with Gasteiger partial charge in [0.2, 0.25) is 0 Å². The lowest BCUT2D eigenvalue weighted by atomic mass is 10.2. The van der Waals surface area contributed by atoms with Crippen LogP contribution in [0.4, 0.5) is 0 Å². The van der Waals surface area contributed by atoms with Crippen LogP contribution in [0.5, 0.6) is 0 Å². The van der Waals surface area contributed by atoms with E-state index in [-0.39, 0.29) is 5.69 Å². The number of H-pyrrole nitrogens is 1. The summed E-state index contributed by atoms with van der Waals surface area (Å²) in [7, 11) is 0. The van der Waals surface area contributed by atoms with E-state index in [1.54, 1.807) is 35.0 Å². The van der Waals surface area contributed by atoms with Crippen LogP contribution in [0.3, 0.4) is 0 Å². The molecule has 0 unspecified atom stereocenters. The predicted molar refractivity (Wildman–Crippen MR) is 60.5 cm³/mol. The van der Waals surface area contributed by atoms with Crippen molar-refractivity contribution in [2.24, 2.45) is 0 Å². The van der Waals surface area contributed by atoms with Gasteiger partial charge in [-0.1, -0.05) is 6.92 Å². The minimum atomic E-state index is -0.151. The number of rotatable bonds is 2. The molecule has 0 aliphatic rings. The summed E-state index contributed by atoms with van der Waals surface area (Å²) in [5, 5.41) is 8.69. The smallest absolute Gasteiger partial charge is 0.312 e. The summed E-state index contributed by atoms with van der Waals surface area (Å²) in [4.78, 5) is 14.3. The largest absolute Gasteiger partial charge is 0.330 e. The van der Waals surface area contributed by atoms with Crippen LogP contribution in [-0.2, 0) is 6.42 Å². The van der Waals surface area contributed by atoms with Gasteiger partial charge >= 0.3 is 5.69 Å². The Hall–Kier alpha value is -2.28. The molecule has 2 rings (SSSR count). The molecular weight excluding hydrogens is 202 g/mol. The van der Waals surface area contributed by atoms with Gasteiger partial charge in [0.25, 0.3) is 0 Å². The Morgan fingerprint density at radius 3 is 2.62 bits per heavy atom. The van der Waals surface area contributed by atoms with Crippen molar-refractivity contribution < 1.29 is 0 Å². The van der Waals surface area contributed by atoms with Gasteiger partial charge in [0.1, 0.15) is 0 Å². The van der Waals surface area contributed by atoms with Crippen molar-refractivity contribution in [1.82, 2.24) is 9.55 Å². The number of benzene rings is 1. The van der Waals surface area contributed by atoms with Crippen LogP contribution < -0.4 is 5.69 Å². The Morgan fingerprint density at radius 1 is 1.38 bits per heavy atom. The van der Waals surface area contributed by atoms with Crippen LogP contribution in [0.2, 0.25) is 0 Å². The molecule has 0 saturated carbocycles. The Labute approximate surface area is 92.8 Å². The molecule has 16 heavy (non-hydrogen) atoms. The zero-order valence-corrected chi connectivity index (χ0v) is 8.90. The van der Waals surface area contributed by atoms with E-state index >= 15 is 0 Å². The van der Waals surface area contributed by atoms with Gasteiger partial charge in [0.05, 0.1) is 17.3 Å². The highest BCUT2D eigenvalue weighted by molar-refractivity contribution is 5.40. The molecule has 0 atom stereocenters. The zero-order chi connectivity index (χ0) is 11.5. The summed E-state index contributed by atoms with van der Waals surface area (Å²) < 4.78 is 1.61. The van der Waals surface area contributed by atoms with E-state index < -0.39 is 0 Å². The van der Waals surface area contributed by atoms with E-state index in [0.717, 1.165) is 17.8 Å². The topological polar surface area (TPSA) is 61.6 Å². The highest BCUT2D eigenvalue weighted by Crippen LogP contribution is 2.10. The molecule has 2 aromatic rings. The average Bonchev–Trinajstić information content (AvgIpc) is 2.70. The number of aromatic nitrogens is 2. The van der Waals surface area contributed by atoms with E-state index in [4.69, 9.17) is 5.26 Å². The fourth-order valence-electron chi connectivity index (χ4n) is 1.63. The Bertz CT molecular complexity index is 584. The normalized spacial score (nSPS) is 10.0. The van der Waals surface area contributed by atoms with Crippen molar-refractivity contribution in [3.8, 4) is 11.8 Å². The van der Waals surface area contributed by atoms with Gasteiger partial charge in [-0.2, -0.15) is 5.26 Å². The molecule has 1 aromatic carbocycles. The fraction of sp³-hybridized carbons (Fsp3) is 0.167. The third-order valence-electron chi connectivity index (χ3n) is 2.47. The van der Waals surface area contributed by atoms with E-state index in [1.165, 1.54) is 0 Å². The first-order valence-corrected chi connectivity index (χ1v) is 5.06. The number of hydrogen-bond acceptors (Lipinski definition) is 2. The molecule has 1 aromatic heterocycles. The molecule has 4 nitrogen and oxygen atoms in total. The highest BCUT2D eigenvalue weighted by Gasteiger charge is 2.06. The monoisotopic (exact) mass is 213 g/mol. The quantitative estimate of drug-likeness (QED) is 0.823. The molecule has 0 bridgehead atoms. The van der Waals surface area contributed by atoms with Crippen molar-refractivity contribution in [2.45, 2.75) is 13.3 Å². The summed E-state index contributed by atoms with van der Waals surface area (Å²) in [6.45, 7) is 1.99. The minimum Gasteiger partial charge on any atom is -0.312 e. The Kier molecular flexibility index (Phi) is 2.61. The number of aromatic amines is 1. The molecule has 0 aliphatic heterocycles. The van der Waals surface area contributed by atoms with Crippen LogP contribution >= 0.6 is 0 Å². The number of nitriles is 1. The van der Waals surface area contributed by atoms with Gasteiger partial charge in [-0.3, -0.25) is 4.57 Å². The standard InChI is InChI=1S/C12H11N3O/c1-2-10-8-14-12(16)15(10)11-5-3-9(7-13)4-6-11/h3-6,8H,2H2,1H3,(H,14,16). The number of nitrogens with zero attached hydrogens (tertiary/aromatic N) is 2. The van der Waals surface area contributed by atoms with Crippen molar-refractivity contribution in [1.29, 1.82) is 5.26 Å². The zero-order valence-electron chi connectivity index (χ0n) is 8.90. The molecule has 0 radical (unpaired) electrons. The van der Waals surface area contributed by atoms with Gasteiger partial charge in [-0.15, -0.1) is 0 Å².